The summed E-state index contributed by atoms with van der Waals surface area (Å²) in [6.45, 7) is 23.5. The minimum atomic E-state index is 0.284. The van der Waals surface area contributed by atoms with Crippen molar-refractivity contribution in [1.82, 2.24) is 0 Å². The van der Waals surface area contributed by atoms with Crippen molar-refractivity contribution in [3.63, 3.8) is 0 Å². The minimum Gasteiger partial charge on any atom is -0.100 e. The second-order valence-corrected chi connectivity index (χ2v) is 8.60. The molecule has 0 nitrogen and oxygen atoms in total. The van der Waals surface area contributed by atoms with Crippen molar-refractivity contribution in [1.29, 1.82) is 0 Å². The monoisotopic (exact) mass is 368 g/mol. The van der Waals surface area contributed by atoms with Crippen molar-refractivity contribution in [2.24, 2.45) is 11.8 Å². The zero-order valence-electron chi connectivity index (χ0n) is 17.6. The Bertz CT molecular complexity index is 925. The summed E-state index contributed by atoms with van der Waals surface area (Å²) < 4.78 is 0. The van der Waals surface area contributed by atoms with Crippen LogP contribution in [0.15, 0.2) is 102 Å². The standard InChI is InChI=1S/C28H32/c1-18(2)14-27(19(3)4)28-21(6)15-26(22(28)7)17-23-10-13-25(16-23)24-11-8-20(5)9-12-24/h8-13,17,27-28H,1,3,6-7,14-16H2,2,4-5H3. The third-order valence-electron chi connectivity index (χ3n) is 5.92. The van der Waals surface area contributed by atoms with Crippen LogP contribution in [0.5, 0.6) is 0 Å². The Kier molecular flexibility index (Phi) is 5.89. The van der Waals surface area contributed by atoms with E-state index >= 15 is 0 Å². The molecule has 0 bridgehead atoms. The van der Waals surface area contributed by atoms with Gasteiger partial charge < -0.3 is 0 Å². The molecular weight excluding hydrogens is 336 g/mol. The summed E-state index contributed by atoms with van der Waals surface area (Å²) >= 11 is 0. The topological polar surface area (TPSA) is 0 Å². The smallest absolute Gasteiger partial charge is 0.0114 e. The van der Waals surface area contributed by atoms with Gasteiger partial charge in [-0.05, 0) is 73.8 Å². The van der Waals surface area contributed by atoms with Crippen molar-refractivity contribution >= 4 is 5.57 Å². The van der Waals surface area contributed by atoms with Gasteiger partial charge in [0.1, 0.15) is 0 Å². The Morgan fingerprint density at radius 3 is 2.36 bits per heavy atom. The highest BCUT2D eigenvalue weighted by Gasteiger charge is 2.34. The van der Waals surface area contributed by atoms with Crippen LogP contribution in [0.25, 0.3) is 5.57 Å². The Hall–Kier alpha value is -2.60. The van der Waals surface area contributed by atoms with Crippen molar-refractivity contribution in [2.45, 2.75) is 40.0 Å². The van der Waals surface area contributed by atoms with Crippen LogP contribution in [0.4, 0.5) is 0 Å². The predicted molar refractivity (Wildman–Crippen MR) is 124 cm³/mol. The van der Waals surface area contributed by atoms with Crippen molar-refractivity contribution in [2.75, 3.05) is 0 Å². The van der Waals surface area contributed by atoms with E-state index in [4.69, 9.17) is 0 Å². The molecular formula is C28H32. The van der Waals surface area contributed by atoms with Crippen LogP contribution in [-0.2, 0) is 0 Å². The van der Waals surface area contributed by atoms with Crippen molar-refractivity contribution < 1.29 is 0 Å². The van der Waals surface area contributed by atoms with E-state index in [1.165, 1.54) is 50.1 Å². The summed E-state index contributed by atoms with van der Waals surface area (Å²) in [4.78, 5) is 0. The Balaban J connectivity index is 1.75. The molecule has 0 aromatic heterocycles. The van der Waals surface area contributed by atoms with Gasteiger partial charge in [0.15, 0.2) is 0 Å². The molecule has 0 saturated heterocycles. The van der Waals surface area contributed by atoms with E-state index in [1.807, 2.05) is 0 Å². The summed E-state index contributed by atoms with van der Waals surface area (Å²) in [5.41, 5.74) is 11.5. The molecule has 1 fully saturated rings. The van der Waals surface area contributed by atoms with Gasteiger partial charge in [-0.25, -0.2) is 0 Å². The molecule has 0 aliphatic heterocycles. The van der Waals surface area contributed by atoms with Crippen LogP contribution in [0.3, 0.4) is 0 Å². The van der Waals surface area contributed by atoms with E-state index in [9.17, 15) is 0 Å². The number of benzene rings is 1. The molecule has 1 saturated carbocycles. The van der Waals surface area contributed by atoms with E-state index in [-0.39, 0.29) is 5.92 Å². The fraction of sp³-hybridized carbons (Fsp3) is 0.286. The summed E-state index contributed by atoms with van der Waals surface area (Å²) in [6.07, 6.45) is 9.68. The SMILES string of the molecule is C=C(C)CC(C(=C)C)C1C(=C)CC(=CC2=CC=C(c3ccc(C)cc3)C2)C1=C. The molecule has 1 aromatic rings. The van der Waals surface area contributed by atoms with Gasteiger partial charge in [0.2, 0.25) is 0 Å². The van der Waals surface area contributed by atoms with E-state index in [0.29, 0.717) is 5.92 Å². The molecule has 0 spiro atoms. The molecule has 0 amide bonds. The second kappa shape index (κ2) is 8.19. The van der Waals surface area contributed by atoms with Crippen LogP contribution < -0.4 is 0 Å². The van der Waals surface area contributed by atoms with E-state index in [2.05, 4.69) is 89.6 Å². The fourth-order valence-electron chi connectivity index (χ4n) is 4.37. The first-order chi connectivity index (χ1) is 13.3. The number of rotatable bonds is 6. The van der Waals surface area contributed by atoms with E-state index in [1.54, 1.807) is 0 Å². The third-order valence-corrected chi connectivity index (χ3v) is 5.92. The minimum absolute atomic E-state index is 0.284. The maximum atomic E-state index is 4.46. The average molecular weight is 369 g/mol. The van der Waals surface area contributed by atoms with Gasteiger partial charge in [0, 0.05) is 5.92 Å². The van der Waals surface area contributed by atoms with Gasteiger partial charge in [0.05, 0.1) is 0 Å². The Morgan fingerprint density at radius 1 is 1.07 bits per heavy atom. The zero-order chi connectivity index (χ0) is 20.4. The molecule has 1 aromatic carbocycles. The van der Waals surface area contributed by atoms with E-state index < -0.39 is 0 Å². The lowest BCUT2D eigenvalue weighted by atomic mass is 9.78. The molecule has 0 heterocycles. The van der Waals surface area contributed by atoms with Gasteiger partial charge in [-0.1, -0.05) is 84.5 Å². The summed E-state index contributed by atoms with van der Waals surface area (Å²) in [7, 11) is 0. The molecule has 144 valence electrons. The first kappa shape index (κ1) is 20.1. The number of hydrogen-bond acceptors (Lipinski definition) is 0. The van der Waals surface area contributed by atoms with Gasteiger partial charge >= 0.3 is 0 Å². The molecule has 0 N–H and O–H groups in total. The Morgan fingerprint density at radius 2 is 1.75 bits per heavy atom. The molecule has 0 heteroatoms. The van der Waals surface area contributed by atoms with Gasteiger partial charge in [-0.3, -0.25) is 0 Å². The lowest BCUT2D eigenvalue weighted by molar-refractivity contribution is 0.501. The van der Waals surface area contributed by atoms with Gasteiger partial charge in [-0.2, -0.15) is 0 Å². The lowest BCUT2D eigenvalue weighted by Crippen LogP contribution is -2.16. The second-order valence-electron chi connectivity index (χ2n) is 8.60. The summed E-state index contributed by atoms with van der Waals surface area (Å²) in [6, 6.07) is 8.79. The Labute approximate surface area is 171 Å². The maximum absolute atomic E-state index is 4.46. The number of allylic oxidation sites excluding steroid dienone is 10. The largest absolute Gasteiger partial charge is 0.100 e. The molecule has 2 unspecified atom stereocenters. The predicted octanol–water partition coefficient (Wildman–Crippen LogP) is 7.93. The first-order valence-electron chi connectivity index (χ1n) is 10.1. The lowest BCUT2D eigenvalue weighted by Gasteiger charge is -2.26. The molecule has 28 heavy (non-hydrogen) atoms. The van der Waals surface area contributed by atoms with Crippen LogP contribution in [0.1, 0.15) is 44.2 Å². The summed E-state index contributed by atoms with van der Waals surface area (Å²) in [5, 5.41) is 0. The van der Waals surface area contributed by atoms with Gasteiger partial charge in [-0.15, -0.1) is 6.58 Å². The van der Waals surface area contributed by atoms with Crippen LogP contribution in [0, 0.1) is 18.8 Å². The molecule has 2 atom stereocenters. The third kappa shape index (κ3) is 4.28. The zero-order valence-corrected chi connectivity index (χ0v) is 17.6. The highest BCUT2D eigenvalue weighted by Crippen LogP contribution is 2.47. The van der Waals surface area contributed by atoms with Crippen LogP contribution in [-0.4, -0.2) is 0 Å². The van der Waals surface area contributed by atoms with Crippen LogP contribution >= 0.6 is 0 Å². The summed E-state index contributed by atoms with van der Waals surface area (Å²) in [5.74, 6) is 0.634. The van der Waals surface area contributed by atoms with Crippen LogP contribution in [0.2, 0.25) is 0 Å². The average Bonchev–Trinajstić information content (AvgIpc) is 3.19. The molecule has 2 aliphatic carbocycles. The number of aryl methyl sites for hydroxylation is 1. The van der Waals surface area contributed by atoms with Crippen molar-refractivity contribution in [3.05, 3.63) is 113 Å². The first-order valence-corrected chi connectivity index (χ1v) is 10.1. The van der Waals surface area contributed by atoms with E-state index in [0.717, 1.165) is 19.3 Å². The van der Waals surface area contributed by atoms with Crippen molar-refractivity contribution in [3.8, 4) is 0 Å². The molecule has 3 rings (SSSR count). The highest BCUT2D eigenvalue weighted by atomic mass is 14.4. The normalized spacial score (nSPS) is 21.7. The van der Waals surface area contributed by atoms with Gasteiger partial charge in [0.25, 0.3) is 0 Å². The molecule has 0 radical (unpaired) electrons. The fourth-order valence-corrected chi connectivity index (χ4v) is 4.37. The quantitative estimate of drug-likeness (QED) is 0.447. The maximum Gasteiger partial charge on any atom is 0.0114 e. The molecule has 2 aliphatic rings. The highest BCUT2D eigenvalue weighted by molar-refractivity contribution is 5.74. The number of hydrogen-bond donors (Lipinski definition) is 0.